The van der Waals surface area contributed by atoms with Gasteiger partial charge in [-0.2, -0.15) is 0 Å². The predicted octanol–water partition coefficient (Wildman–Crippen LogP) is 1.83. The minimum Gasteiger partial charge on any atom is -0.379 e. The van der Waals surface area contributed by atoms with Crippen LogP contribution in [0.5, 0.6) is 0 Å². The fourth-order valence-corrected chi connectivity index (χ4v) is 2.40. The zero-order chi connectivity index (χ0) is 13.5. The van der Waals surface area contributed by atoms with E-state index in [1.54, 1.807) is 0 Å². The normalized spacial score (nSPS) is 16.5. The van der Waals surface area contributed by atoms with Crippen molar-refractivity contribution in [1.29, 1.82) is 0 Å². The van der Waals surface area contributed by atoms with Crippen LogP contribution in [0, 0.1) is 0 Å². The lowest BCUT2D eigenvalue weighted by atomic mass is 10.2. The molecule has 1 N–H and O–H groups in total. The SMILES string of the molecule is CCCc1c(Cl)ncnc1NCCN1CCOCC1. The quantitative estimate of drug-likeness (QED) is 0.808. The highest BCUT2D eigenvalue weighted by Gasteiger charge is 2.11. The van der Waals surface area contributed by atoms with Gasteiger partial charge in [0.2, 0.25) is 0 Å². The molecule has 6 heteroatoms. The first-order valence-corrected chi connectivity index (χ1v) is 7.22. The molecule has 0 unspecified atom stereocenters. The molecule has 5 nitrogen and oxygen atoms in total. The molecule has 1 aliphatic rings. The van der Waals surface area contributed by atoms with Crippen LogP contribution in [-0.2, 0) is 11.2 Å². The first kappa shape index (κ1) is 14.5. The molecule has 106 valence electrons. The Morgan fingerprint density at radius 1 is 1.37 bits per heavy atom. The maximum absolute atomic E-state index is 6.12. The van der Waals surface area contributed by atoms with Crippen LogP contribution >= 0.6 is 11.6 Å². The molecule has 19 heavy (non-hydrogen) atoms. The van der Waals surface area contributed by atoms with Crippen LogP contribution in [0.15, 0.2) is 6.33 Å². The van der Waals surface area contributed by atoms with Crippen molar-refractivity contribution in [2.24, 2.45) is 0 Å². The van der Waals surface area contributed by atoms with E-state index in [2.05, 4.69) is 27.1 Å². The number of aromatic nitrogens is 2. The van der Waals surface area contributed by atoms with Gasteiger partial charge in [0.25, 0.3) is 0 Å². The zero-order valence-electron chi connectivity index (χ0n) is 11.4. The summed E-state index contributed by atoms with van der Waals surface area (Å²) in [6.45, 7) is 7.67. The molecule has 0 aliphatic carbocycles. The molecule has 0 saturated carbocycles. The summed E-state index contributed by atoms with van der Waals surface area (Å²) in [5.41, 5.74) is 1.02. The minimum atomic E-state index is 0.561. The highest BCUT2D eigenvalue weighted by Crippen LogP contribution is 2.21. The van der Waals surface area contributed by atoms with Crippen LogP contribution < -0.4 is 5.32 Å². The van der Waals surface area contributed by atoms with E-state index in [0.29, 0.717) is 5.15 Å². The molecular weight excluding hydrogens is 264 g/mol. The molecule has 1 aromatic rings. The third kappa shape index (κ3) is 4.30. The number of nitrogens with one attached hydrogen (secondary N) is 1. The standard InChI is InChI=1S/C13H21ClN4O/c1-2-3-11-12(14)16-10-17-13(11)15-4-5-18-6-8-19-9-7-18/h10H,2-9H2,1H3,(H,15,16,17). The summed E-state index contributed by atoms with van der Waals surface area (Å²) in [5, 5.41) is 3.93. The Morgan fingerprint density at radius 3 is 2.89 bits per heavy atom. The molecule has 1 aromatic heterocycles. The Bertz CT molecular complexity index is 396. The van der Waals surface area contributed by atoms with Crippen molar-refractivity contribution in [2.45, 2.75) is 19.8 Å². The van der Waals surface area contributed by atoms with Crippen molar-refractivity contribution in [1.82, 2.24) is 14.9 Å². The lowest BCUT2D eigenvalue weighted by molar-refractivity contribution is 0.0398. The van der Waals surface area contributed by atoms with Crippen LogP contribution in [0.4, 0.5) is 5.82 Å². The summed E-state index contributed by atoms with van der Waals surface area (Å²) in [6, 6.07) is 0. The van der Waals surface area contributed by atoms with E-state index in [9.17, 15) is 0 Å². The highest BCUT2D eigenvalue weighted by atomic mass is 35.5. The van der Waals surface area contributed by atoms with Gasteiger partial charge >= 0.3 is 0 Å². The van der Waals surface area contributed by atoms with E-state index in [1.165, 1.54) is 6.33 Å². The van der Waals surface area contributed by atoms with Gasteiger partial charge in [-0.1, -0.05) is 24.9 Å². The Balaban J connectivity index is 1.86. The van der Waals surface area contributed by atoms with Crippen molar-refractivity contribution in [2.75, 3.05) is 44.7 Å². The highest BCUT2D eigenvalue weighted by molar-refractivity contribution is 6.30. The molecular formula is C13H21ClN4O. The van der Waals surface area contributed by atoms with Gasteiger partial charge in [0.15, 0.2) is 0 Å². The summed E-state index contributed by atoms with van der Waals surface area (Å²) in [6.07, 6.45) is 3.45. The first-order chi connectivity index (χ1) is 9.31. The van der Waals surface area contributed by atoms with Gasteiger partial charge in [-0.25, -0.2) is 9.97 Å². The van der Waals surface area contributed by atoms with E-state index >= 15 is 0 Å². The maximum atomic E-state index is 6.12. The number of ether oxygens (including phenoxy) is 1. The largest absolute Gasteiger partial charge is 0.379 e. The van der Waals surface area contributed by atoms with Crippen molar-refractivity contribution >= 4 is 17.4 Å². The molecule has 1 fully saturated rings. The van der Waals surface area contributed by atoms with Gasteiger partial charge in [0.05, 0.1) is 13.2 Å². The third-order valence-corrected chi connectivity index (χ3v) is 3.54. The summed E-state index contributed by atoms with van der Waals surface area (Å²) >= 11 is 6.12. The monoisotopic (exact) mass is 284 g/mol. The fraction of sp³-hybridized carbons (Fsp3) is 0.692. The lowest BCUT2D eigenvalue weighted by Gasteiger charge is -2.26. The number of nitrogens with zero attached hydrogens (tertiary/aromatic N) is 3. The van der Waals surface area contributed by atoms with Gasteiger partial charge < -0.3 is 10.1 Å². The van der Waals surface area contributed by atoms with E-state index < -0.39 is 0 Å². The number of halogens is 1. The van der Waals surface area contributed by atoms with E-state index in [4.69, 9.17) is 16.3 Å². The van der Waals surface area contributed by atoms with Crippen molar-refractivity contribution in [3.05, 3.63) is 17.0 Å². The molecule has 1 saturated heterocycles. The number of rotatable bonds is 6. The average molecular weight is 285 g/mol. The zero-order valence-corrected chi connectivity index (χ0v) is 12.1. The Labute approximate surface area is 119 Å². The van der Waals surface area contributed by atoms with Gasteiger partial charge in [-0.3, -0.25) is 4.90 Å². The van der Waals surface area contributed by atoms with Crippen LogP contribution in [0.25, 0.3) is 0 Å². The van der Waals surface area contributed by atoms with Crippen LogP contribution in [0.1, 0.15) is 18.9 Å². The Hall–Kier alpha value is -0.910. The summed E-state index contributed by atoms with van der Waals surface area (Å²) in [4.78, 5) is 10.7. The molecule has 0 spiro atoms. The van der Waals surface area contributed by atoms with Gasteiger partial charge in [0.1, 0.15) is 17.3 Å². The summed E-state index contributed by atoms with van der Waals surface area (Å²) in [5.74, 6) is 0.870. The predicted molar refractivity (Wildman–Crippen MR) is 76.8 cm³/mol. The lowest BCUT2D eigenvalue weighted by Crippen LogP contribution is -2.39. The van der Waals surface area contributed by atoms with Gasteiger partial charge in [-0.15, -0.1) is 0 Å². The minimum absolute atomic E-state index is 0.561. The van der Waals surface area contributed by atoms with Crippen molar-refractivity contribution in [3.8, 4) is 0 Å². The third-order valence-electron chi connectivity index (χ3n) is 3.22. The molecule has 2 rings (SSSR count). The molecule has 2 heterocycles. The topological polar surface area (TPSA) is 50.3 Å². The Kier molecular flexibility index (Phi) is 5.82. The van der Waals surface area contributed by atoms with E-state index in [0.717, 1.165) is 63.6 Å². The Morgan fingerprint density at radius 2 is 2.16 bits per heavy atom. The smallest absolute Gasteiger partial charge is 0.137 e. The average Bonchev–Trinajstić information content (AvgIpc) is 2.44. The summed E-state index contributed by atoms with van der Waals surface area (Å²) in [7, 11) is 0. The second kappa shape index (κ2) is 7.62. The second-order valence-corrected chi connectivity index (χ2v) is 4.98. The molecule has 1 aliphatic heterocycles. The number of hydrogen-bond donors (Lipinski definition) is 1. The molecule has 0 atom stereocenters. The summed E-state index contributed by atoms with van der Waals surface area (Å²) < 4.78 is 5.33. The fourth-order valence-electron chi connectivity index (χ4n) is 2.17. The van der Waals surface area contributed by atoms with Crippen LogP contribution in [0.3, 0.4) is 0 Å². The molecule has 0 aromatic carbocycles. The van der Waals surface area contributed by atoms with Crippen molar-refractivity contribution < 1.29 is 4.74 Å². The van der Waals surface area contributed by atoms with Crippen LogP contribution in [-0.4, -0.2) is 54.3 Å². The van der Waals surface area contributed by atoms with Gasteiger partial charge in [-0.05, 0) is 6.42 Å². The maximum Gasteiger partial charge on any atom is 0.137 e. The molecule has 0 radical (unpaired) electrons. The van der Waals surface area contributed by atoms with Crippen LogP contribution in [0.2, 0.25) is 5.15 Å². The van der Waals surface area contributed by atoms with Crippen molar-refractivity contribution in [3.63, 3.8) is 0 Å². The second-order valence-electron chi connectivity index (χ2n) is 4.62. The van der Waals surface area contributed by atoms with Gasteiger partial charge in [0, 0.05) is 31.7 Å². The van der Waals surface area contributed by atoms with E-state index in [-0.39, 0.29) is 0 Å². The number of morpholine rings is 1. The number of anilines is 1. The van der Waals surface area contributed by atoms with E-state index in [1.807, 2.05) is 0 Å². The molecule has 0 bridgehead atoms. The first-order valence-electron chi connectivity index (χ1n) is 6.84. The number of hydrogen-bond acceptors (Lipinski definition) is 5. The molecule has 0 amide bonds.